The van der Waals surface area contributed by atoms with Gasteiger partial charge < -0.3 is 19.8 Å². The molecule has 7 nitrogen and oxygen atoms in total. The first kappa shape index (κ1) is 16.6. The number of aliphatic carboxylic acids is 1. The van der Waals surface area contributed by atoms with Gasteiger partial charge in [-0.15, -0.1) is 0 Å². The molecule has 0 heterocycles. The second-order valence-corrected chi connectivity index (χ2v) is 4.43. The summed E-state index contributed by atoms with van der Waals surface area (Å²) in [5.74, 6) is -2.83. The zero-order valence-corrected chi connectivity index (χ0v) is 11.8. The third kappa shape index (κ3) is 4.28. The molecular formula is C14H17NO6. The molecule has 0 radical (unpaired) electrons. The lowest BCUT2D eigenvalue weighted by atomic mass is 10.1. The van der Waals surface area contributed by atoms with Crippen LogP contribution in [0.15, 0.2) is 24.3 Å². The molecule has 114 valence electrons. The van der Waals surface area contributed by atoms with Gasteiger partial charge in [-0.05, 0) is 18.6 Å². The molecule has 0 aliphatic heterocycles. The van der Waals surface area contributed by atoms with Gasteiger partial charge in [-0.2, -0.15) is 0 Å². The average Bonchev–Trinajstić information content (AvgIpc) is 2.44. The van der Waals surface area contributed by atoms with Crippen LogP contribution < -0.4 is 0 Å². The summed E-state index contributed by atoms with van der Waals surface area (Å²) in [5, 5.41) is 18.2. The first-order chi connectivity index (χ1) is 9.88. The summed E-state index contributed by atoms with van der Waals surface area (Å²) in [5.41, 5.74) is 0.396. The van der Waals surface area contributed by atoms with Gasteiger partial charge in [0.15, 0.2) is 0 Å². The number of rotatable bonds is 7. The van der Waals surface area contributed by atoms with E-state index in [0.29, 0.717) is 5.56 Å². The Balaban J connectivity index is 3.09. The molecule has 0 fully saturated rings. The molecule has 0 bridgehead atoms. The Bertz CT molecular complexity index is 542. The lowest BCUT2D eigenvalue weighted by Crippen LogP contribution is -2.44. The molecular weight excluding hydrogens is 278 g/mol. The van der Waals surface area contributed by atoms with E-state index in [-0.39, 0.29) is 18.7 Å². The molecule has 2 N–H and O–H groups in total. The molecule has 1 aromatic rings. The predicted octanol–water partition coefficient (Wildman–Crippen LogP) is 0.833. The summed E-state index contributed by atoms with van der Waals surface area (Å²) in [6.07, 6.45) is 0. The third-order valence-electron chi connectivity index (χ3n) is 3.00. The number of hydrogen-bond acceptors (Lipinski definition) is 4. The Labute approximate surface area is 121 Å². The van der Waals surface area contributed by atoms with Crippen molar-refractivity contribution in [2.24, 2.45) is 0 Å². The summed E-state index contributed by atoms with van der Waals surface area (Å²) in [7, 11) is 1.33. The Hall–Kier alpha value is -2.41. The highest BCUT2D eigenvalue weighted by Gasteiger charge is 2.26. The molecule has 0 aliphatic rings. The van der Waals surface area contributed by atoms with Crippen molar-refractivity contribution in [2.45, 2.75) is 19.5 Å². The van der Waals surface area contributed by atoms with Crippen molar-refractivity contribution in [3.8, 4) is 0 Å². The highest BCUT2D eigenvalue weighted by Crippen LogP contribution is 2.14. The van der Waals surface area contributed by atoms with Crippen LogP contribution in [0.1, 0.15) is 22.8 Å². The van der Waals surface area contributed by atoms with Crippen LogP contribution >= 0.6 is 0 Å². The van der Waals surface area contributed by atoms with Gasteiger partial charge in [0.05, 0.1) is 5.56 Å². The predicted molar refractivity (Wildman–Crippen MR) is 72.9 cm³/mol. The van der Waals surface area contributed by atoms with Crippen molar-refractivity contribution >= 4 is 17.8 Å². The number of methoxy groups -OCH3 is 1. The molecule has 0 unspecified atom stereocenters. The molecule has 1 aromatic carbocycles. The number of carbonyl (C=O) groups excluding carboxylic acids is 1. The molecule has 0 aromatic heterocycles. The summed E-state index contributed by atoms with van der Waals surface area (Å²) >= 11 is 0. The van der Waals surface area contributed by atoms with Gasteiger partial charge in [0.2, 0.25) is 5.91 Å². The number of aromatic carboxylic acids is 1. The average molecular weight is 295 g/mol. The SMILES string of the molecule is COCC(=O)N(Cc1ccccc1C(=O)O)[C@@H](C)C(=O)O. The van der Waals surface area contributed by atoms with Gasteiger partial charge in [0, 0.05) is 13.7 Å². The number of nitrogens with zero attached hydrogens (tertiary/aromatic N) is 1. The number of hydrogen-bond donors (Lipinski definition) is 2. The molecule has 21 heavy (non-hydrogen) atoms. The van der Waals surface area contributed by atoms with Crippen molar-refractivity contribution < 1.29 is 29.3 Å². The Kier molecular flexibility index (Phi) is 5.86. The highest BCUT2D eigenvalue weighted by atomic mass is 16.5. The van der Waals surface area contributed by atoms with Crippen LogP contribution in [0.25, 0.3) is 0 Å². The Morgan fingerprint density at radius 2 is 1.86 bits per heavy atom. The highest BCUT2D eigenvalue weighted by molar-refractivity contribution is 5.90. The van der Waals surface area contributed by atoms with Gasteiger partial charge in [-0.1, -0.05) is 18.2 Å². The smallest absolute Gasteiger partial charge is 0.336 e. The van der Waals surface area contributed by atoms with Gasteiger partial charge in [0.1, 0.15) is 12.6 Å². The number of carboxylic acid groups (broad SMARTS) is 2. The minimum atomic E-state index is -1.17. The second-order valence-electron chi connectivity index (χ2n) is 4.43. The number of carbonyl (C=O) groups is 3. The van der Waals surface area contributed by atoms with E-state index in [2.05, 4.69) is 0 Å². The summed E-state index contributed by atoms with van der Waals surface area (Å²) in [6.45, 7) is 0.976. The molecule has 1 amide bonds. The maximum Gasteiger partial charge on any atom is 0.336 e. The third-order valence-corrected chi connectivity index (χ3v) is 3.00. The van der Waals surface area contributed by atoms with Crippen molar-refractivity contribution in [1.82, 2.24) is 4.90 Å². The number of carboxylic acids is 2. The number of amides is 1. The number of ether oxygens (including phenoxy) is 1. The van der Waals surface area contributed by atoms with Crippen LogP contribution in [0.2, 0.25) is 0 Å². The first-order valence-electron chi connectivity index (χ1n) is 6.21. The van der Waals surface area contributed by atoms with Gasteiger partial charge in [-0.3, -0.25) is 4.79 Å². The number of benzene rings is 1. The fourth-order valence-electron chi connectivity index (χ4n) is 1.83. The lowest BCUT2D eigenvalue weighted by molar-refractivity contribution is -0.151. The zero-order valence-electron chi connectivity index (χ0n) is 11.8. The van der Waals surface area contributed by atoms with E-state index in [9.17, 15) is 14.4 Å². The summed E-state index contributed by atoms with van der Waals surface area (Å²) in [4.78, 5) is 35.3. The molecule has 7 heteroatoms. The Morgan fingerprint density at radius 3 is 2.38 bits per heavy atom. The van der Waals surface area contributed by atoms with E-state index in [1.54, 1.807) is 18.2 Å². The largest absolute Gasteiger partial charge is 0.480 e. The molecule has 1 atom stereocenters. The van der Waals surface area contributed by atoms with E-state index in [1.807, 2.05) is 0 Å². The quantitative estimate of drug-likeness (QED) is 0.772. The molecule has 0 aliphatic carbocycles. The van der Waals surface area contributed by atoms with Crippen LogP contribution in [0.5, 0.6) is 0 Å². The van der Waals surface area contributed by atoms with Crippen LogP contribution in [0, 0.1) is 0 Å². The van der Waals surface area contributed by atoms with Gasteiger partial charge in [-0.25, -0.2) is 9.59 Å². The van der Waals surface area contributed by atoms with Crippen LogP contribution in [0.4, 0.5) is 0 Å². The van der Waals surface area contributed by atoms with E-state index < -0.39 is 23.9 Å². The maximum absolute atomic E-state index is 12.0. The van der Waals surface area contributed by atoms with E-state index >= 15 is 0 Å². The fraction of sp³-hybridized carbons (Fsp3) is 0.357. The normalized spacial score (nSPS) is 11.7. The minimum absolute atomic E-state index is 0.0327. The standard InChI is InChI=1S/C14H17NO6/c1-9(13(17)18)15(12(16)8-21-2)7-10-5-3-4-6-11(10)14(19)20/h3-6,9H,7-8H2,1-2H3,(H,17,18)(H,19,20)/t9-/m0/s1. The first-order valence-corrected chi connectivity index (χ1v) is 6.21. The topological polar surface area (TPSA) is 104 Å². The molecule has 0 saturated heterocycles. The van der Waals surface area contributed by atoms with Crippen LogP contribution in [-0.2, 0) is 20.9 Å². The van der Waals surface area contributed by atoms with Crippen molar-refractivity contribution in [3.05, 3.63) is 35.4 Å². The van der Waals surface area contributed by atoms with Gasteiger partial charge >= 0.3 is 11.9 Å². The fourth-order valence-corrected chi connectivity index (χ4v) is 1.83. The van der Waals surface area contributed by atoms with Crippen molar-refractivity contribution in [2.75, 3.05) is 13.7 Å². The molecule has 0 spiro atoms. The van der Waals surface area contributed by atoms with Crippen molar-refractivity contribution in [3.63, 3.8) is 0 Å². The maximum atomic E-state index is 12.0. The second kappa shape index (κ2) is 7.39. The zero-order chi connectivity index (χ0) is 16.0. The van der Waals surface area contributed by atoms with Crippen LogP contribution in [0.3, 0.4) is 0 Å². The molecule has 0 saturated carbocycles. The minimum Gasteiger partial charge on any atom is -0.480 e. The summed E-state index contributed by atoms with van der Waals surface area (Å²) < 4.78 is 4.73. The Morgan fingerprint density at radius 1 is 1.24 bits per heavy atom. The monoisotopic (exact) mass is 295 g/mol. The lowest BCUT2D eigenvalue weighted by Gasteiger charge is -2.27. The van der Waals surface area contributed by atoms with Gasteiger partial charge in [0.25, 0.3) is 0 Å². The van der Waals surface area contributed by atoms with E-state index in [4.69, 9.17) is 14.9 Å². The molecule has 1 rings (SSSR count). The van der Waals surface area contributed by atoms with E-state index in [1.165, 1.54) is 20.1 Å². The van der Waals surface area contributed by atoms with Crippen molar-refractivity contribution in [1.29, 1.82) is 0 Å². The van der Waals surface area contributed by atoms with Crippen LogP contribution in [-0.4, -0.2) is 52.7 Å². The van der Waals surface area contributed by atoms with E-state index in [0.717, 1.165) is 4.90 Å². The summed E-state index contributed by atoms with van der Waals surface area (Å²) in [6, 6.07) is 5.06.